The van der Waals surface area contributed by atoms with Gasteiger partial charge in [-0.15, -0.1) is 0 Å². The average molecular weight is 480 g/mol. The van der Waals surface area contributed by atoms with Gasteiger partial charge in [0.25, 0.3) is 0 Å². The Hall–Kier alpha value is -3.17. The van der Waals surface area contributed by atoms with Crippen LogP contribution in [0.2, 0.25) is 0 Å². The highest BCUT2D eigenvalue weighted by molar-refractivity contribution is 7.90. The molecule has 2 aromatic carbocycles. The molecule has 2 atom stereocenters. The van der Waals surface area contributed by atoms with Crippen molar-refractivity contribution in [2.75, 3.05) is 5.73 Å². The summed E-state index contributed by atoms with van der Waals surface area (Å²) < 4.78 is 29.3. The summed E-state index contributed by atoms with van der Waals surface area (Å²) in [5.41, 5.74) is 10.4. The summed E-state index contributed by atoms with van der Waals surface area (Å²) in [6.07, 6.45) is 4.97. The summed E-state index contributed by atoms with van der Waals surface area (Å²) in [7, 11) is -3.71. The minimum Gasteiger partial charge on any atom is -0.391 e. The van der Waals surface area contributed by atoms with Gasteiger partial charge in [-0.1, -0.05) is 49.2 Å². The molecule has 1 aliphatic carbocycles. The van der Waals surface area contributed by atoms with Gasteiger partial charge in [0.05, 0.1) is 46.1 Å². The van der Waals surface area contributed by atoms with E-state index in [1.54, 1.807) is 26.2 Å². The summed E-state index contributed by atoms with van der Waals surface area (Å²) in [4.78, 5) is 9.03. The van der Waals surface area contributed by atoms with Crippen molar-refractivity contribution in [3.8, 4) is 22.5 Å². The maximum atomic E-state index is 13.1. The van der Waals surface area contributed by atoms with Crippen molar-refractivity contribution in [1.82, 2.24) is 18.5 Å². The van der Waals surface area contributed by atoms with Crippen LogP contribution < -0.4 is 5.73 Å². The van der Waals surface area contributed by atoms with E-state index in [-0.39, 0.29) is 12.0 Å². The van der Waals surface area contributed by atoms with Crippen LogP contribution in [-0.4, -0.2) is 43.4 Å². The van der Waals surface area contributed by atoms with Gasteiger partial charge in [-0.05, 0) is 38.8 Å². The highest BCUT2D eigenvalue weighted by atomic mass is 32.2. The number of nitrogen functional groups attached to an aromatic ring is 1. The molecular formula is C25H29N5O3S. The Balaban J connectivity index is 1.76. The maximum Gasteiger partial charge on any atom is 0.244 e. The molecule has 4 aromatic rings. The second kappa shape index (κ2) is 8.56. The van der Waals surface area contributed by atoms with Gasteiger partial charge in [0, 0.05) is 11.1 Å². The third-order valence-corrected chi connectivity index (χ3v) is 8.74. The van der Waals surface area contributed by atoms with Gasteiger partial charge in [0.1, 0.15) is 0 Å². The largest absolute Gasteiger partial charge is 0.391 e. The molecule has 2 heterocycles. The van der Waals surface area contributed by atoms with Crippen LogP contribution in [0.3, 0.4) is 0 Å². The number of hydrogen-bond acceptors (Lipinski definition) is 6. The molecule has 0 saturated heterocycles. The summed E-state index contributed by atoms with van der Waals surface area (Å²) in [5, 5.41) is 10.1. The lowest BCUT2D eigenvalue weighted by atomic mass is 9.91. The summed E-state index contributed by atoms with van der Waals surface area (Å²) in [6.45, 7) is 3.25. The van der Waals surface area contributed by atoms with E-state index in [9.17, 15) is 13.5 Å². The Morgan fingerprint density at radius 1 is 1.06 bits per heavy atom. The molecular weight excluding hydrogens is 450 g/mol. The Labute approximate surface area is 199 Å². The van der Waals surface area contributed by atoms with E-state index in [2.05, 4.69) is 4.98 Å². The molecule has 0 bridgehead atoms. The van der Waals surface area contributed by atoms with Crippen LogP contribution in [0.1, 0.15) is 45.6 Å². The van der Waals surface area contributed by atoms with E-state index in [0.29, 0.717) is 11.0 Å². The van der Waals surface area contributed by atoms with Crippen LogP contribution in [0, 0.1) is 0 Å². The van der Waals surface area contributed by atoms with Crippen molar-refractivity contribution in [2.24, 2.45) is 0 Å². The second-order valence-corrected chi connectivity index (χ2v) is 11.5. The smallest absolute Gasteiger partial charge is 0.244 e. The number of hydrogen-bond donors (Lipinski definition) is 2. The molecule has 178 valence electrons. The number of nitrogens with two attached hydrogens (primary N) is 1. The SMILES string of the molecule is CC(C)S(=O)(=O)n1c(N)nc2ccc(-c3c(-c4ccccc4)ncn3[C@H]3CCCC[C@@H]3O)cc21. The van der Waals surface area contributed by atoms with Gasteiger partial charge in [-0.25, -0.2) is 22.4 Å². The van der Waals surface area contributed by atoms with E-state index in [1.807, 2.05) is 47.0 Å². The van der Waals surface area contributed by atoms with Gasteiger partial charge in [-0.3, -0.25) is 0 Å². The molecule has 0 aliphatic heterocycles. The van der Waals surface area contributed by atoms with Crippen LogP contribution in [0.15, 0.2) is 54.9 Å². The minimum atomic E-state index is -3.71. The Bertz CT molecular complexity index is 1440. The van der Waals surface area contributed by atoms with Gasteiger partial charge < -0.3 is 15.4 Å². The molecule has 34 heavy (non-hydrogen) atoms. The topological polar surface area (TPSA) is 116 Å². The third kappa shape index (κ3) is 3.69. The van der Waals surface area contributed by atoms with E-state index < -0.39 is 21.4 Å². The third-order valence-electron chi connectivity index (χ3n) is 6.65. The average Bonchev–Trinajstić information content (AvgIpc) is 3.40. The molecule has 1 fully saturated rings. The second-order valence-electron chi connectivity index (χ2n) is 9.17. The van der Waals surface area contributed by atoms with Gasteiger partial charge in [0.2, 0.25) is 16.0 Å². The van der Waals surface area contributed by atoms with Gasteiger partial charge >= 0.3 is 0 Å². The first kappa shape index (κ1) is 22.6. The molecule has 1 saturated carbocycles. The monoisotopic (exact) mass is 479 g/mol. The fraction of sp³-hybridized carbons (Fsp3) is 0.360. The molecule has 0 unspecified atom stereocenters. The lowest BCUT2D eigenvalue weighted by Crippen LogP contribution is -2.27. The molecule has 8 nitrogen and oxygen atoms in total. The first-order valence-corrected chi connectivity index (χ1v) is 13.1. The zero-order chi connectivity index (χ0) is 24.0. The lowest BCUT2D eigenvalue weighted by molar-refractivity contribution is 0.0762. The predicted molar refractivity (Wildman–Crippen MR) is 134 cm³/mol. The van der Waals surface area contributed by atoms with Crippen LogP contribution >= 0.6 is 0 Å². The van der Waals surface area contributed by atoms with Gasteiger partial charge in [0.15, 0.2) is 0 Å². The van der Waals surface area contributed by atoms with E-state index in [4.69, 9.17) is 10.7 Å². The van der Waals surface area contributed by atoms with Crippen molar-refractivity contribution in [2.45, 2.75) is 56.9 Å². The fourth-order valence-corrected chi connectivity index (χ4v) is 5.96. The predicted octanol–water partition coefficient (Wildman–Crippen LogP) is 4.21. The summed E-state index contributed by atoms with van der Waals surface area (Å²) in [6, 6.07) is 15.3. The molecule has 0 amide bonds. The number of aliphatic hydroxyl groups is 1. The first-order valence-electron chi connectivity index (χ1n) is 11.6. The standard InChI is InChI=1S/C25H29N5O3S/c1-16(2)34(32,33)30-21-14-18(12-13-19(21)28-25(30)26)24-23(17-8-4-3-5-9-17)27-15-29(24)20-10-6-7-11-22(20)31/h3-5,8-9,12-16,20,22,31H,6-7,10-11H2,1-2H3,(H2,26,28)/t20-,22-/m0/s1. The molecule has 3 N–H and O–H groups in total. The molecule has 2 aromatic heterocycles. The maximum absolute atomic E-state index is 13.1. The van der Waals surface area contributed by atoms with Crippen molar-refractivity contribution >= 4 is 27.0 Å². The molecule has 1 aliphatic rings. The van der Waals surface area contributed by atoms with Gasteiger partial charge in [-0.2, -0.15) is 0 Å². The van der Waals surface area contributed by atoms with E-state index in [0.717, 1.165) is 52.2 Å². The van der Waals surface area contributed by atoms with Crippen molar-refractivity contribution in [3.63, 3.8) is 0 Å². The fourth-order valence-electron chi connectivity index (χ4n) is 4.82. The van der Waals surface area contributed by atoms with E-state index in [1.165, 1.54) is 0 Å². The number of fused-ring (bicyclic) bond motifs is 1. The number of imidazole rings is 2. The number of anilines is 1. The van der Waals surface area contributed by atoms with E-state index >= 15 is 0 Å². The zero-order valence-corrected chi connectivity index (χ0v) is 20.1. The molecule has 5 rings (SSSR count). The number of nitrogens with zero attached hydrogens (tertiary/aromatic N) is 4. The Morgan fingerprint density at radius 3 is 2.50 bits per heavy atom. The Morgan fingerprint density at radius 2 is 1.79 bits per heavy atom. The van der Waals surface area contributed by atoms with Crippen LogP contribution in [0.4, 0.5) is 5.95 Å². The van der Waals surface area contributed by atoms with Crippen molar-refractivity contribution in [3.05, 3.63) is 54.9 Å². The van der Waals surface area contributed by atoms with Crippen LogP contribution in [0.5, 0.6) is 0 Å². The quantitative estimate of drug-likeness (QED) is 0.443. The first-order chi connectivity index (χ1) is 16.3. The summed E-state index contributed by atoms with van der Waals surface area (Å²) in [5.74, 6) is -0.0552. The Kier molecular flexibility index (Phi) is 5.69. The summed E-state index contributed by atoms with van der Waals surface area (Å²) >= 11 is 0. The lowest BCUT2D eigenvalue weighted by Gasteiger charge is -2.30. The number of aromatic nitrogens is 4. The van der Waals surface area contributed by atoms with Crippen LogP contribution in [-0.2, 0) is 10.0 Å². The highest BCUT2D eigenvalue weighted by Crippen LogP contribution is 2.39. The van der Waals surface area contributed by atoms with Crippen molar-refractivity contribution in [1.29, 1.82) is 0 Å². The molecule has 0 spiro atoms. The number of benzene rings is 2. The molecule has 9 heteroatoms. The van der Waals surface area contributed by atoms with Crippen LogP contribution in [0.25, 0.3) is 33.5 Å². The zero-order valence-electron chi connectivity index (χ0n) is 19.3. The number of rotatable bonds is 5. The number of aliphatic hydroxyl groups excluding tert-OH is 1. The molecule has 0 radical (unpaired) electrons. The normalized spacial score (nSPS) is 19.2. The highest BCUT2D eigenvalue weighted by Gasteiger charge is 2.29. The van der Waals surface area contributed by atoms with Crippen molar-refractivity contribution < 1.29 is 13.5 Å². The minimum absolute atomic E-state index is 0.0552.